The van der Waals surface area contributed by atoms with Gasteiger partial charge in [0.1, 0.15) is 5.75 Å². The quantitative estimate of drug-likeness (QED) is 0.707. The average Bonchev–Trinajstić information content (AvgIpc) is 2.35. The van der Waals surface area contributed by atoms with E-state index in [2.05, 4.69) is 5.32 Å². The summed E-state index contributed by atoms with van der Waals surface area (Å²) in [6.45, 7) is 0. The smallest absolute Gasteiger partial charge is 0.251 e. The number of carbonyl (C=O) groups excluding carboxylic acids is 1. The second-order valence-corrected chi connectivity index (χ2v) is 5.86. The molecule has 1 aromatic rings. The molecule has 0 aliphatic heterocycles. The van der Waals surface area contributed by atoms with Crippen LogP contribution in [0.5, 0.6) is 5.75 Å². The fraction of sp³-hybridized carbons (Fsp3) is 0.462. The van der Waals surface area contributed by atoms with Gasteiger partial charge in [0.05, 0.1) is 3.57 Å². The highest BCUT2D eigenvalue weighted by Gasteiger charge is 2.23. The number of phenols is 1. The SMILES string of the molecule is NC1CCCCC1NC(=O)c1ccc(I)c(O)c1. The van der Waals surface area contributed by atoms with Gasteiger partial charge in [-0.1, -0.05) is 12.8 Å². The molecule has 4 nitrogen and oxygen atoms in total. The number of benzene rings is 1. The molecular weight excluding hydrogens is 343 g/mol. The standard InChI is InChI=1S/C13H17IN2O2/c14-9-6-5-8(7-12(9)17)13(18)16-11-4-2-1-3-10(11)15/h5-7,10-11,17H,1-4,15H2,(H,16,18). The Morgan fingerprint density at radius 3 is 2.78 bits per heavy atom. The zero-order valence-electron chi connectivity index (χ0n) is 10.0. The van der Waals surface area contributed by atoms with Crippen molar-refractivity contribution in [1.29, 1.82) is 0 Å². The van der Waals surface area contributed by atoms with Crippen molar-refractivity contribution in [2.75, 3.05) is 0 Å². The summed E-state index contributed by atoms with van der Waals surface area (Å²) in [5, 5.41) is 12.5. The van der Waals surface area contributed by atoms with Gasteiger partial charge in [-0.15, -0.1) is 0 Å². The number of carbonyl (C=O) groups is 1. The molecule has 1 aromatic carbocycles. The van der Waals surface area contributed by atoms with E-state index in [1.165, 1.54) is 6.07 Å². The second-order valence-electron chi connectivity index (χ2n) is 4.69. The van der Waals surface area contributed by atoms with Crippen molar-refractivity contribution >= 4 is 28.5 Å². The molecule has 2 rings (SSSR count). The molecular formula is C13H17IN2O2. The minimum atomic E-state index is -0.163. The fourth-order valence-corrected chi connectivity index (χ4v) is 2.58. The number of aromatic hydroxyl groups is 1. The molecule has 0 bridgehead atoms. The average molecular weight is 360 g/mol. The Labute approximate surface area is 120 Å². The van der Waals surface area contributed by atoms with Crippen LogP contribution < -0.4 is 11.1 Å². The van der Waals surface area contributed by atoms with Crippen molar-refractivity contribution in [3.8, 4) is 5.75 Å². The van der Waals surface area contributed by atoms with Crippen LogP contribution in [0.4, 0.5) is 0 Å². The molecule has 1 saturated carbocycles. The van der Waals surface area contributed by atoms with Crippen molar-refractivity contribution < 1.29 is 9.90 Å². The Morgan fingerprint density at radius 1 is 1.39 bits per heavy atom. The Balaban J connectivity index is 2.04. The molecule has 4 N–H and O–H groups in total. The van der Waals surface area contributed by atoms with Crippen LogP contribution in [0.1, 0.15) is 36.0 Å². The first-order valence-electron chi connectivity index (χ1n) is 6.13. The van der Waals surface area contributed by atoms with Crippen LogP contribution in [0.15, 0.2) is 18.2 Å². The summed E-state index contributed by atoms with van der Waals surface area (Å²) in [7, 11) is 0. The number of nitrogens with two attached hydrogens (primary N) is 1. The molecule has 2 atom stereocenters. The lowest BCUT2D eigenvalue weighted by Gasteiger charge is -2.29. The third-order valence-electron chi connectivity index (χ3n) is 3.34. The maximum atomic E-state index is 12.0. The number of amides is 1. The first-order valence-corrected chi connectivity index (χ1v) is 7.21. The van der Waals surface area contributed by atoms with Gasteiger partial charge in [0.15, 0.2) is 0 Å². The van der Waals surface area contributed by atoms with E-state index in [1.807, 2.05) is 22.6 Å². The van der Waals surface area contributed by atoms with Crippen LogP contribution in [0, 0.1) is 3.57 Å². The molecule has 0 heterocycles. The molecule has 0 saturated heterocycles. The highest BCUT2D eigenvalue weighted by atomic mass is 127. The van der Waals surface area contributed by atoms with Crippen LogP contribution in [0.25, 0.3) is 0 Å². The Bertz CT molecular complexity index is 451. The molecule has 98 valence electrons. The number of phenolic OH excluding ortho intramolecular Hbond substituents is 1. The summed E-state index contributed by atoms with van der Waals surface area (Å²) in [5.41, 5.74) is 6.47. The Hall–Kier alpha value is -0.820. The van der Waals surface area contributed by atoms with Crippen molar-refractivity contribution in [3.63, 3.8) is 0 Å². The van der Waals surface area contributed by atoms with Crippen LogP contribution in [0.2, 0.25) is 0 Å². The van der Waals surface area contributed by atoms with Crippen molar-refractivity contribution in [3.05, 3.63) is 27.3 Å². The molecule has 1 amide bonds. The predicted molar refractivity (Wildman–Crippen MR) is 78.5 cm³/mol. The van der Waals surface area contributed by atoms with Crippen LogP contribution in [-0.2, 0) is 0 Å². The molecule has 18 heavy (non-hydrogen) atoms. The van der Waals surface area contributed by atoms with Gasteiger partial charge in [-0.05, 0) is 53.6 Å². The van der Waals surface area contributed by atoms with Crippen LogP contribution in [-0.4, -0.2) is 23.1 Å². The van der Waals surface area contributed by atoms with E-state index < -0.39 is 0 Å². The van der Waals surface area contributed by atoms with Crippen molar-refractivity contribution in [1.82, 2.24) is 5.32 Å². The number of rotatable bonds is 2. The zero-order valence-corrected chi connectivity index (χ0v) is 12.2. The Kier molecular flexibility index (Phi) is 4.45. The minimum Gasteiger partial charge on any atom is -0.507 e. The lowest BCUT2D eigenvalue weighted by atomic mass is 9.91. The van der Waals surface area contributed by atoms with E-state index in [1.54, 1.807) is 12.1 Å². The van der Waals surface area contributed by atoms with E-state index in [0.717, 1.165) is 29.3 Å². The van der Waals surface area contributed by atoms with Gasteiger partial charge in [-0.3, -0.25) is 4.79 Å². The van der Waals surface area contributed by atoms with Crippen LogP contribution in [0.3, 0.4) is 0 Å². The zero-order chi connectivity index (χ0) is 13.1. The van der Waals surface area contributed by atoms with Gasteiger partial charge >= 0.3 is 0 Å². The summed E-state index contributed by atoms with van der Waals surface area (Å²) in [4.78, 5) is 12.0. The van der Waals surface area contributed by atoms with Gasteiger partial charge in [-0.25, -0.2) is 0 Å². The first-order chi connectivity index (χ1) is 8.58. The second kappa shape index (κ2) is 5.88. The largest absolute Gasteiger partial charge is 0.507 e. The summed E-state index contributed by atoms with van der Waals surface area (Å²) in [6.07, 6.45) is 4.14. The predicted octanol–water partition coefficient (Wildman–Crippen LogP) is 2.00. The van der Waals surface area contributed by atoms with E-state index >= 15 is 0 Å². The summed E-state index contributed by atoms with van der Waals surface area (Å²) in [5.74, 6) is -0.0276. The van der Waals surface area contributed by atoms with Gasteiger partial charge in [0, 0.05) is 17.6 Å². The first kappa shape index (κ1) is 13.6. The fourth-order valence-electron chi connectivity index (χ4n) is 2.24. The third-order valence-corrected chi connectivity index (χ3v) is 4.26. The van der Waals surface area contributed by atoms with E-state index in [0.29, 0.717) is 5.56 Å². The summed E-state index contributed by atoms with van der Waals surface area (Å²) in [6, 6.07) is 5.02. The molecule has 0 spiro atoms. The molecule has 5 heteroatoms. The highest BCUT2D eigenvalue weighted by molar-refractivity contribution is 14.1. The van der Waals surface area contributed by atoms with Crippen LogP contribution >= 0.6 is 22.6 Å². The maximum Gasteiger partial charge on any atom is 0.251 e. The van der Waals surface area contributed by atoms with Crippen molar-refractivity contribution in [2.24, 2.45) is 5.73 Å². The summed E-state index contributed by atoms with van der Waals surface area (Å²) >= 11 is 2.02. The lowest BCUT2D eigenvalue weighted by Crippen LogP contribution is -2.49. The number of nitrogens with one attached hydrogen (secondary N) is 1. The number of hydrogen-bond acceptors (Lipinski definition) is 3. The van der Waals surface area contributed by atoms with E-state index in [4.69, 9.17) is 5.73 Å². The molecule has 0 aromatic heterocycles. The third kappa shape index (κ3) is 3.14. The normalized spacial score (nSPS) is 23.7. The number of halogens is 1. The highest BCUT2D eigenvalue weighted by Crippen LogP contribution is 2.21. The van der Waals surface area contributed by atoms with E-state index in [-0.39, 0.29) is 23.7 Å². The molecule has 1 aliphatic carbocycles. The molecule has 0 radical (unpaired) electrons. The monoisotopic (exact) mass is 360 g/mol. The molecule has 2 unspecified atom stereocenters. The maximum absolute atomic E-state index is 12.0. The van der Waals surface area contributed by atoms with Crippen molar-refractivity contribution in [2.45, 2.75) is 37.8 Å². The van der Waals surface area contributed by atoms with Gasteiger partial charge < -0.3 is 16.2 Å². The minimum absolute atomic E-state index is 0.0418. The van der Waals surface area contributed by atoms with Gasteiger partial charge in [0.25, 0.3) is 5.91 Å². The van der Waals surface area contributed by atoms with Gasteiger partial charge in [-0.2, -0.15) is 0 Å². The topological polar surface area (TPSA) is 75.3 Å². The van der Waals surface area contributed by atoms with Gasteiger partial charge in [0.2, 0.25) is 0 Å². The lowest BCUT2D eigenvalue weighted by molar-refractivity contribution is 0.0921. The summed E-state index contributed by atoms with van der Waals surface area (Å²) < 4.78 is 0.735. The number of hydrogen-bond donors (Lipinski definition) is 3. The van der Waals surface area contributed by atoms with E-state index in [9.17, 15) is 9.90 Å². The Morgan fingerprint density at radius 2 is 2.11 bits per heavy atom. The molecule has 1 fully saturated rings. The molecule has 1 aliphatic rings.